The molecule has 1 aromatic carbocycles. The molecule has 1 fully saturated rings. The van der Waals surface area contributed by atoms with Crippen LogP contribution in [0, 0.1) is 12.8 Å². The summed E-state index contributed by atoms with van der Waals surface area (Å²) in [4.78, 5) is 13.2. The normalized spacial score (nSPS) is 20.6. The van der Waals surface area contributed by atoms with Crippen LogP contribution in [0.2, 0.25) is 0 Å². The lowest BCUT2D eigenvalue weighted by atomic mass is 9.97. The second kappa shape index (κ2) is 7.61. The first-order valence-corrected chi connectivity index (χ1v) is 7.79. The second-order valence-electron chi connectivity index (χ2n) is 6.01. The summed E-state index contributed by atoms with van der Waals surface area (Å²) in [7, 11) is 1.63. The van der Waals surface area contributed by atoms with Crippen molar-refractivity contribution in [2.24, 2.45) is 5.92 Å². The number of carboxylic acid groups (broad SMARTS) is 1. The summed E-state index contributed by atoms with van der Waals surface area (Å²) in [6, 6.07) is 5.70. The molecule has 0 bridgehead atoms. The fraction of sp³-hybridized carbons (Fsp3) is 0.588. The molecule has 5 heteroatoms. The van der Waals surface area contributed by atoms with Gasteiger partial charge in [0.1, 0.15) is 5.75 Å². The predicted octanol–water partition coefficient (Wildman–Crippen LogP) is 2.22. The zero-order chi connectivity index (χ0) is 16.1. The van der Waals surface area contributed by atoms with Crippen LogP contribution in [0.4, 0.5) is 0 Å². The number of hydrogen-bond acceptors (Lipinski definition) is 4. The fourth-order valence-corrected chi connectivity index (χ4v) is 3.04. The molecule has 2 atom stereocenters. The fourth-order valence-electron chi connectivity index (χ4n) is 3.04. The van der Waals surface area contributed by atoms with Crippen LogP contribution in [0.25, 0.3) is 0 Å². The molecule has 22 heavy (non-hydrogen) atoms. The minimum Gasteiger partial charge on any atom is -0.496 e. The maximum Gasteiger partial charge on any atom is 0.307 e. The van der Waals surface area contributed by atoms with Gasteiger partial charge < -0.3 is 19.8 Å². The number of aliphatic hydroxyl groups is 1. The summed E-state index contributed by atoms with van der Waals surface area (Å²) in [5.74, 6) is -0.165. The van der Waals surface area contributed by atoms with Crippen LogP contribution < -0.4 is 4.74 Å². The van der Waals surface area contributed by atoms with Crippen molar-refractivity contribution in [2.75, 3.05) is 26.7 Å². The number of aliphatic hydroxyl groups excluding tert-OH is 1. The zero-order valence-corrected chi connectivity index (χ0v) is 13.3. The van der Waals surface area contributed by atoms with Gasteiger partial charge in [0.25, 0.3) is 0 Å². The van der Waals surface area contributed by atoms with Gasteiger partial charge in [-0.3, -0.25) is 4.79 Å². The molecule has 2 rings (SSSR count). The maximum atomic E-state index is 11.1. The molecule has 2 unspecified atom stereocenters. The topological polar surface area (TPSA) is 70.0 Å². The monoisotopic (exact) mass is 307 g/mol. The number of ether oxygens (including phenoxy) is 1. The molecule has 2 N–H and O–H groups in total. The zero-order valence-electron chi connectivity index (χ0n) is 13.3. The van der Waals surface area contributed by atoms with Crippen molar-refractivity contribution in [3.05, 3.63) is 29.3 Å². The molecule has 1 aliphatic rings. The Bertz CT molecular complexity index is 517. The minimum absolute atomic E-state index is 0.269. The number of rotatable bonds is 6. The number of methoxy groups -OCH3 is 1. The van der Waals surface area contributed by atoms with E-state index in [-0.39, 0.29) is 5.92 Å². The molecule has 122 valence electrons. The lowest BCUT2D eigenvalue weighted by Gasteiger charge is -2.31. The van der Waals surface area contributed by atoms with Crippen LogP contribution in [0.15, 0.2) is 18.2 Å². The minimum atomic E-state index is -0.712. The molecule has 1 saturated heterocycles. The summed E-state index contributed by atoms with van der Waals surface area (Å²) in [6.07, 6.45) is 1.74. The molecule has 0 spiro atoms. The van der Waals surface area contributed by atoms with E-state index in [0.29, 0.717) is 13.0 Å². The largest absolute Gasteiger partial charge is 0.496 e. The quantitative estimate of drug-likeness (QED) is 0.843. The highest BCUT2D eigenvalue weighted by atomic mass is 16.5. The number of likely N-dealkylation sites (tertiary alicyclic amines) is 1. The molecule has 0 amide bonds. The number of nitrogens with zero attached hydrogens (tertiary/aromatic N) is 1. The predicted molar refractivity (Wildman–Crippen MR) is 84.1 cm³/mol. The summed E-state index contributed by atoms with van der Waals surface area (Å²) in [5, 5.41) is 19.4. The molecular weight excluding hydrogens is 282 g/mol. The van der Waals surface area contributed by atoms with Gasteiger partial charge in [0.2, 0.25) is 0 Å². The van der Waals surface area contributed by atoms with Gasteiger partial charge in [-0.25, -0.2) is 0 Å². The van der Waals surface area contributed by atoms with Crippen LogP contribution in [0.3, 0.4) is 0 Å². The van der Waals surface area contributed by atoms with Crippen LogP contribution in [0.1, 0.15) is 36.5 Å². The first kappa shape index (κ1) is 16.8. The van der Waals surface area contributed by atoms with Gasteiger partial charge >= 0.3 is 5.97 Å². The van der Waals surface area contributed by atoms with E-state index in [1.165, 1.54) is 0 Å². The van der Waals surface area contributed by atoms with E-state index >= 15 is 0 Å². The third-order valence-electron chi connectivity index (χ3n) is 4.38. The Morgan fingerprint density at radius 3 is 2.91 bits per heavy atom. The molecule has 0 aromatic heterocycles. The highest BCUT2D eigenvalue weighted by Gasteiger charge is 2.25. The van der Waals surface area contributed by atoms with E-state index < -0.39 is 12.1 Å². The standard InChI is InChI=1S/C17H25NO4/c1-12-10-13(5-6-16(12)22-2)15(19)7-9-18-8-3-4-14(11-18)17(20)21/h5-6,10,14-15,19H,3-4,7-9,11H2,1-2H3,(H,20,21). The van der Waals surface area contributed by atoms with Crippen molar-refractivity contribution in [1.29, 1.82) is 0 Å². The van der Waals surface area contributed by atoms with Gasteiger partial charge in [-0.05, 0) is 56.0 Å². The number of carboxylic acids is 1. The van der Waals surface area contributed by atoms with Crippen LogP contribution >= 0.6 is 0 Å². The third kappa shape index (κ3) is 4.21. The Kier molecular flexibility index (Phi) is 5.80. The van der Waals surface area contributed by atoms with Gasteiger partial charge in [-0.1, -0.05) is 6.07 Å². The molecule has 1 heterocycles. The van der Waals surface area contributed by atoms with Crippen LogP contribution in [0.5, 0.6) is 5.75 Å². The molecular formula is C17H25NO4. The van der Waals surface area contributed by atoms with E-state index in [1.807, 2.05) is 25.1 Å². The van der Waals surface area contributed by atoms with E-state index in [4.69, 9.17) is 9.84 Å². The van der Waals surface area contributed by atoms with Crippen LogP contribution in [-0.4, -0.2) is 47.8 Å². The molecule has 5 nitrogen and oxygen atoms in total. The van der Waals surface area contributed by atoms with Crippen molar-refractivity contribution >= 4 is 5.97 Å². The van der Waals surface area contributed by atoms with Gasteiger partial charge in [0, 0.05) is 13.1 Å². The van der Waals surface area contributed by atoms with Gasteiger partial charge in [-0.2, -0.15) is 0 Å². The molecule has 0 saturated carbocycles. The van der Waals surface area contributed by atoms with E-state index in [2.05, 4.69) is 4.90 Å². The van der Waals surface area contributed by atoms with Crippen molar-refractivity contribution in [3.63, 3.8) is 0 Å². The van der Waals surface area contributed by atoms with Gasteiger partial charge in [-0.15, -0.1) is 0 Å². The molecule has 1 aromatic rings. The molecule has 0 radical (unpaired) electrons. The number of aliphatic carboxylic acids is 1. The first-order valence-electron chi connectivity index (χ1n) is 7.79. The van der Waals surface area contributed by atoms with Crippen molar-refractivity contribution in [2.45, 2.75) is 32.3 Å². The molecule has 1 aliphatic heterocycles. The van der Waals surface area contributed by atoms with Gasteiger partial charge in [0.15, 0.2) is 0 Å². The highest BCUT2D eigenvalue weighted by molar-refractivity contribution is 5.70. The lowest BCUT2D eigenvalue weighted by molar-refractivity contribution is -0.143. The number of piperidine rings is 1. The third-order valence-corrected chi connectivity index (χ3v) is 4.38. The van der Waals surface area contributed by atoms with Crippen molar-refractivity contribution in [1.82, 2.24) is 4.90 Å². The lowest BCUT2D eigenvalue weighted by Crippen LogP contribution is -2.39. The summed E-state index contributed by atoms with van der Waals surface area (Å²) < 4.78 is 5.22. The smallest absolute Gasteiger partial charge is 0.307 e. The number of hydrogen-bond donors (Lipinski definition) is 2. The average molecular weight is 307 g/mol. The summed E-state index contributed by atoms with van der Waals surface area (Å²) >= 11 is 0. The van der Waals surface area contributed by atoms with Gasteiger partial charge in [0.05, 0.1) is 19.1 Å². The Labute approximate surface area is 131 Å². The Hall–Kier alpha value is -1.59. The van der Waals surface area contributed by atoms with Crippen LogP contribution in [-0.2, 0) is 4.79 Å². The van der Waals surface area contributed by atoms with E-state index in [9.17, 15) is 9.90 Å². The Morgan fingerprint density at radius 2 is 2.27 bits per heavy atom. The average Bonchev–Trinajstić information content (AvgIpc) is 2.52. The summed E-state index contributed by atoms with van der Waals surface area (Å²) in [5.41, 5.74) is 1.88. The number of benzene rings is 1. The second-order valence-corrected chi connectivity index (χ2v) is 6.01. The highest BCUT2D eigenvalue weighted by Crippen LogP contribution is 2.25. The maximum absolute atomic E-state index is 11.1. The Balaban J connectivity index is 1.88. The molecule has 0 aliphatic carbocycles. The Morgan fingerprint density at radius 1 is 1.50 bits per heavy atom. The van der Waals surface area contributed by atoms with Crippen molar-refractivity contribution in [3.8, 4) is 5.75 Å². The SMILES string of the molecule is COc1ccc(C(O)CCN2CCCC(C(=O)O)C2)cc1C. The number of aryl methyl sites for hydroxylation is 1. The van der Waals surface area contributed by atoms with Crippen molar-refractivity contribution < 1.29 is 19.7 Å². The van der Waals surface area contributed by atoms with E-state index in [0.717, 1.165) is 42.8 Å². The first-order chi connectivity index (χ1) is 10.5. The van der Waals surface area contributed by atoms with E-state index in [1.54, 1.807) is 7.11 Å². The number of carbonyl (C=O) groups is 1. The summed E-state index contributed by atoms with van der Waals surface area (Å²) in [6.45, 7) is 4.18.